The highest BCUT2D eigenvalue weighted by Gasteiger charge is 2.09. The maximum Gasteiger partial charge on any atom is 0.303 e. The van der Waals surface area contributed by atoms with Crippen molar-refractivity contribution < 1.29 is 14.3 Å². The van der Waals surface area contributed by atoms with Crippen molar-refractivity contribution in [2.75, 3.05) is 6.61 Å². The van der Waals surface area contributed by atoms with Crippen molar-refractivity contribution >= 4 is 18.1 Å². The molecule has 1 aliphatic heterocycles. The Bertz CT molecular complexity index is 235. The number of carbonyl (C=O) groups excluding carboxylic acids is 1. The molecule has 0 aromatic carbocycles. The number of esters is 1. The minimum atomic E-state index is -0.310. The van der Waals surface area contributed by atoms with Crippen LogP contribution in [0.3, 0.4) is 0 Å². The Balaban J connectivity index is 2.09. The first-order chi connectivity index (χ1) is 5.68. The molecule has 0 radical (unpaired) electrons. The first-order valence-electron chi connectivity index (χ1n) is 3.59. The third-order valence-electron chi connectivity index (χ3n) is 1.16. The average molecular weight is 170 g/mol. The van der Waals surface area contributed by atoms with Crippen LogP contribution in [0, 0.1) is 0 Å². The quantitative estimate of drug-likeness (QED) is 0.574. The number of hydrogen-bond donors (Lipinski definition) is 0. The largest absolute Gasteiger partial charge is 0.472 e. The van der Waals surface area contributed by atoms with Gasteiger partial charge in [0.1, 0.15) is 18.9 Å². The molecule has 1 rings (SSSR count). The second kappa shape index (κ2) is 3.85. The van der Waals surface area contributed by atoms with Crippen LogP contribution in [0.15, 0.2) is 10.2 Å². The van der Waals surface area contributed by atoms with Crippen LogP contribution in [0.1, 0.15) is 13.8 Å². The van der Waals surface area contributed by atoms with E-state index in [0.717, 1.165) is 0 Å². The molecule has 1 unspecified atom stereocenters. The maximum atomic E-state index is 10.4. The molecule has 0 saturated carbocycles. The van der Waals surface area contributed by atoms with Crippen molar-refractivity contribution in [1.29, 1.82) is 0 Å². The lowest BCUT2D eigenvalue weighted by Gasteiger charge is -2.13. The van der Waals surface area contributed by atoms with E-state index >= 15 is 0 Å². The molecule has 5 heteroatoms. The summed E-state index contributed by atoms with van der Waals surface area (Å²) in [6, 6.07) is 0. The molecular formula is C7H10N2O3. The molecule has 0 N–H and O–H groups in total. The van der Waals surface area contributed by atoms with Crippen LogP contribution in [0.2, 0.25) is 0 Å². The highest BCUT2D eigenvalue weighted by molar-refractivity contribution is 6.29. The summed E-state index contributed by atoms with van der Waals surface area (Å²) in [5, 5.41) is 7.01. The molecule has 0 amide bonds. The monoisotopic (exact) mass is 170 g/mol. The zero-order valence-electron chi connectivity index (χ0n) is 6.98. The smallest absolute Gasteiger partial charge is 0.303 e. The Hall–Kier alpha value is -1.39. The average Bonchev–Trinajstić information content (AvgIpc) is 1.81. The summed E-state index contributed by atoms with van der Waals surface area (Å²) >= 11 is 0. The second-order valence-corrected chi connectivity index (χ2v) is 2.41. The molecular weight excluding hydrogens is 160 g/mol. The summed E-state index contributed by atoms with van der Waals surface area (Å²) in [6.07, 6.45) is 1.25. The van der Waals surface area contributed by atoms with E-state index < -0.39 is 0 Å². The molecule has 12 heavy (non-hydrogen) atoms. The number of rotatable bonds is 3. The van der Waals surface area contributed by atoms with Crippen LogP contribution >= 0.6 is 0 Å². The summed E-state index contributed by atoms with van der Waals surface area (Å²) in [6.45, 7) is 3.42. The van der Waals surface area contributed by atoms with Crippen LogP contribution in [0.5, 0.6) is 0 Å². The molecule has 5 nitrogen and oxygen atoms in total. The van der Waals surface area contributed by atoms with E-state index in [1.54, 1.807) is 6.92 Å². The second-order valence-electron chi connectivity index (χ2n) is 2.41. The number of carbonyl (C=O) groups is 1. The normalized spacial score (nSPS) is 16.0. The van der Waals surface area contributed by atoms with E-state index in [0.29, 0.717) is 12.5 Å². The fourth-order valence-corrected chi connectivity index (χ4v) is 0.691. The van der Waals surface area contributed by atoms with Gasteiger partial charge in [-0.15, -0.1) is 10.2 Å². The van der Waals surface area contributed by atoms with Gasteiger partial charge in [0.05, 0.1) is 0 Å². The van der Waals surface area contributed by atoms with Gasteiger partial charge in [-0.2, -0.15) is 0 Å². The topological polar surface area (TPSA) is 60.2 Å². The summed E-state index contributed by atoms with van der Waals surface area (Å²) < 4.78 is 9.87. The van der Waals surface area contributed by atoms with Crippen LogP contribution in [0.25, 0.3) is 0 Å². The van der Waals surface area contributed by atoms with Crippen molar-refractivity contribution in [2.45, 2.75) is 20.0 Å². The van der Waals surface area contributed by atoms with Gasteiger partial charge in [0.25, 0.3) is 5.90 Å². The molecule has 0 saturated heterocycles. The molecule has 1 aliphatic rings. The van der Waals surface area contributed by atoms with Crippen molar-refractivity contribution in [3.63, 3.8) is 0 Å². The summed E-state index contributed by atoms with van der Waals surface area (Å²) in [7, 11) is 0. The summed E-state index contributed by atoms with van der Waals surface area (Å²) in [4.78, 5) is 10.4. The van der Waals surface area contributed by atoms with Crippen molar-refractivity contribution in [3.8, 4) is 0 Å². The van der Waals surface area contributed by atoms with Gasteiger partial charge in [0.2, 0.25) is 0 Å². The third-order valence-corrected chi connectivity index (χ3v) is 1.16. The van der Waals surface area contributed by atoms with Crippen LogP contribution in [-0.2, 0) is 14.3 Å². The van der Waals surface area contributed by atoms with Gasteiger partial charge in [0, 0.05) is 6.92 Å². The molecule has 0 aromatic heterocycles. The molecule has 1 atom stereocenters. The molecule has 66 valence electrons. The molecule has 0 bridgehead atoms. The number of ether oxygens (including phenoxy) is 2. The van der Waals surface area contributed by atoms with Crippen molar-refractivity contribution in [2.24, 2.45) is 10.2 Å². The zero-order chi connectivity index (χ0) is 8.97. The Kier molecular flexibility index (Phi) is 2.79. The lowest BCUT2D eigenvalue weighted by atomic mass is 10.4. The van der Waals surface area contributed by atoms with Crippen molar-refractivity contribution in [1.82, 2.24) is 0 Å². The lowest BCUT2D eigenvalue weighted by Crippen LogP contribution is -2.23. The molecule has 0 spiro atoms. The minimum absolute atomic E-state index is 0.251. The van der Waals surface area contributed by atoms with E-state index in [9.17, 15) is 4.79 Å². The molecule has 0 aliphatic carbocycles. The highest BCUT2D eigenvalue weighted by Crippen LogP contribution is 1.96. The van der Waals surface area contributed by atoms with Crippen LogP contribution in [-0.4, -0.2) is 30.8 Å². The Morgan fingerprint density at radius 2 is 2.42 bits per heavy atom. The first-order valence-corrected chi connectivity index (χ1v) is 3.59. The van der Waals surface area contributed by atoms with E-state index in [1.807, 2.05) is 0 Å². The number of nitrogens with zero attached hydrogens (tertiary/aromatic N) is 2. The summed E-state index contributed by atoms with van der Waals surface area (Å²) in [5.74, 6) is 0.171. The standard InChI is InChI=1S/C7H10N2O3/c1-5(12-6(2)10)4-11-7-3-8-9-7/h3,5H,4H2,1-2H3. The molecule has 1 heterocycles. The fourth-order valence-electron chi connectivity index (χ4n) is 0.691. The Labute approximate surface area is 70.1 Å². The van der Waals surface area contributed by atoms with Crippen LogP contribution in [0.4, 0.5) is 0 Å². The third kappa shape index (κ3) is 2.69. The van der Waals surface area contributed by atoms with Gasteiger partial charge >= 0.3 is 5.97 Å². The van der Waals surface area contributed by atoms with Gasteiger partial charge in [-0.25, -0.2) is 0 Å². The highest BCUT2D eigenvalue weighted by atomic mass is 16.6. The van der Waals surface area contributed by atoms with Gasteiger partial charge in [0.15, 0.2) is 0 Å². The maximum absolute atomic E-state index is 10.4. The zero-order valence-corrected chi connectivity index (χ0v) is 6.98. The molecule has 0 aromatic rings. The SMILES string of the molecule is CC(=O)OC(C)COC1=NN=C1. The molecule has 0 fully saturated rings. The fraction of sp³-hybridized carbons (Fsp3) is 0.571. The van der Waals surface area contributed by atoms with Gasteiger partial charge in [-0.05, 0) is 6.92 Å². The van der Waals surface area contributed by atoms with Gasteiger partial charge < -0.3 is 9.47 Å². The Morgan fingerprint density at radius 3 is 2.83 bits per heavy atom. The summed E-state index contributed by atoms with van der Waals surface area (Å²) in [5.41, 5.74) is 0. The van der Waals surface area contributed by atoms with Crippen LogP contribution < -0.4 is 0 Å². The first kappa shape index (κ1) is 8.70. The minimum Gasteiger partial charge on any atom is -0.472 e. The predicted octanol–water partition coefficient (Wildman–Crippen LogP) is 0.352. The van der Waals surface area contributed by atoms with Crippen molar-refractivity contribution in [3.05, 3.63) is 0 Å². The van der Waals surface area contributed by atoms with E-state index in [2.05, 4.69) is 10.2 Å². The van der Waals surface area contributed by atoms with Gasteiger partial charge in [-0.3, -0.25) is 4.79 Å². The van der Waals surface area contributed by atoms with E-state index in [-0.39, 0.29) is 12.1 Å². The Morgan fingerprint density at radius 1 is 1.75 bits per heavy atom. The van der Waals surface area contributed by atoms with E-state index in [4.69, 9.17) is 9.47 Å². The lowest BCUT2D eigenvalue weighted by molar-refractivity contribution is -0.146. The predicted molar refractivity (Wildman–Crippen MR) is 43.1 cm³/mol. The van der Waals surface area contributed by atoms with E-state index in [1.165, 1.54) is 13.1 Å². The number of hydrogen-bond acceptors (Lipinski definition) is 5. The van der Waals surface area contributed by atoms with Gasteiger partial charge in [-0.1, -0.05) is 0 Å².